The molecule has 1 aromatic carbocycles. The minimum Gasteiger partial charge on any atom is -0.464 e. The number of methoxy groups -OCH3 is 2. The van der Waals surface area contributed by atoms with Gasteiger partial charge in [-0.3, -0.25) is 0 Å². The van der Waals surface area contributed by atoms with Crippen LogP contribution in [0.25, 0.3) is 0 Å². The van der Waals surface area contributed by atoms with Crippen LogP contribution in [0.15, 0.2) is 12.1 Å². The van der Waals surface area contributed by atoms with Crippen LogP contribution in [0.2, 0.25) is 0 Å². The molecule has 150 valence electrons. The number of halogens is 1. The zero-order chi connectivity index (χ0) is 19.3. The second kappa shape index (κ2) is 6.99. The van der Waals surface area contributed by atoms with Gasteiger partial charge in [0.2, 0.25) is 0 Å². The number of benzene rings is 1. The topological polar surface area (TPSA) is 68.2 Å². The van der Waals surface area contributed by atoms with Crippen molar-refractivity contribution in [3.8, 4) is 5.75 Å². The minimum atomic E-state index is -0.732. The average Bonchev–Trinajstić information content (AvgIpc) is 2.89. The zero-order valence-corrected chi connectivity index (χ0v) is 16.2. The molecule has 0 bridgehead atoms. The van der Waals surface area contributed by atoms with Gasteiger partial charge >= 0.3 is 0 Å². The van der Waals surface area contributed by atoms with Crippen LogP contribution in [-0.2, 0) is 15.9 Å². The first-order valence-electron chi connectivity index (χ1n) is 9.73. The van der Waals surface area contributed by atoms with Crippen molar-refractivity contribution in [3.63, 3.8) is 0 Å². The summed E-state index contributed by atoms with van der Waals surface area (Å²) in [7, 11) is 3.19. The molecule has 6 heteroatoms. The Bertz CT molecular complexity index is 710. The fourth-order valence-electron chi connectivity index (χ4n) is 6.07. The maximum Gasteiger partial charge on any atom is 0.188 e. The summed E-state index contributed by atoms with van der Waals surface area (Å²) in [6.07, 6.45) is 1.49. The van der Waals surface area contributed by atoms with E-state index in [1.807, 2.05) is 0 Å². The van der Waals surface area contributed by atoms with E-state index in [1.54, 1.807) is 19.2 Å². The molecule has 0 heterocycles. The van der Waals surface area contributed by atoms with Gasteiger partial charge in [0.05, 0.1) is 18.3 Å². The third-order valence-corrected chi connectivity index (χ3v) is 7.34. The Morgan fingerprint density at radius 3 is 2.74 bits per heavy atom. The normalized spacial score (nSPS) is 40.2. The summed E-state index contributed by atoms with van der Waals surface area (Å²) in [5.41, 5.74) is 1.71. The van der Waals surface area contributed by atoms with Crippen molar-refractivity contribution in [1.82, 2.24) is 0 Å². The van der Waals surface area contributed by atoms with E-state index in [0.29, 0.717) is 12.8 Å². The average molecular weight is 380 g/mol. The quantitative estimate of drug-likeness (QED) is 0.786. The van der Waals surface area contributed by atoms with Crippen LogP contribution in [0.5, 0.6) is 5.75 Å². The van der Waals surface area contributed by atoms with E-state index in [4.69, 9.17) is 14.2 Å². The van der Waals surface area contributed by atoms with Gasteiger partial charge in [0.25, 0.3) is 0 Å². The predicted octanol–water partition coefficient (Wildman–Crippen LogP) is 2.62. The van der Waals surface area contributed by atoms with Crippen LogP contribution in [0.3, 0.4) is 0 Å². The predicted molar refractivity (Wildman–Crippen MR) is 97.1 cm³/mol. The molecular formula is C21H29FO5. The van der Waals surface area contributed by atoms with Gasteiger partial charge in [-0.15, -0.1) is 0 Å². The number of ether oxygens (including phenoxy) is 3. The number of aryl methyl sites for hydroxylation is 1. The highest BCUT2D eigenvalue weighted by Crippen LogP contribution is 2.61. The van der Waals surface area contributed by atoms with Gasteiger partial charge in [0.15, 0.2) is 18.4 Å². The van der Waals surface area contributed by atoms with E-state index in [1.165, 1.54) is 7.11 Å². The Balaban J connectivity index is 1.72. The molecule has 2 saturated carbocycles. The number of aliphatic hydroxyl groups is 2. The fourth-order valence-corrected chi connectivity index (χ4v) is 6.07. The summed E-state index contributed by atoms with van der Waals surface area (Å²) in [6, 6.07) is 3.38. The number of rotatable bonds is 4. The minimum absolute atomic E-state index is 0.0126. The number of aliphatic hydroxyl groups excluding tert-OH is 2. The van der Waals surface area contributed by atoms with Crippen molar-refractivity contribution in [3.05, 3.63) is 29.1 Å². The number of hydrogen-bond acceptors (Lipinski definition) is 5. The second-order valence-electron chi connectivity index (χ2n) is 8.60. The second-order valence-corrected chi connectivity index (χ2v) is 8.60. The van der Waals surface area contributed by atoms with Gasteiger partial charge in [-0.05, 0) is 60.8 Å². The van der Waals surface area contributed by atoms with Crippen LogP contribution >= 0.6 is 0 Å². The molecule has 0 radical (unpaired) electrons. The van der Waals surface area contributed by atoms with E-state index in [-0.39, 0.29) is 47.6 Å². The molecule has 4 rings (SSSR count). The molecular weight excluding hydrogens is 351 g/mol. The van der Waals surface area contributed by atoms with E-state index in [2.05, 4.69) is 6.92 Å². The Labute approximate surface area is 159 Å². The first-order chi connectivity index (χ1) is 12.9. The summed E-state index contributed by atoms with van der Waals surface area (Å²) in [6.45, 7) is 2.08. The van der Waals surface area contributed by atoms with Crippen LogP contribution in [-0.4, -0.2) is 49.5 Å². The molecule has 5 nitrogen and oxygen atoms in total. The van der Waals surface area contributed by atoms with Gasteiger partial charge in [0, 0.05) is 25.6 Å². The molecule has 3 aliphatic rings. The van der Waals surface area contributed by atoms with E-state index >= 15 is 0 Å². The van der Waals surface area contributed by atoms with Gasteiger partial charge in [-0.1, -0.05) is 6.92 Å². The number of fused-ring (bicyclic) bond motifs is 5. The van der Waals surface area contributed by atoms with E-state index in [0.717, 1.165) is 24.0 Å². The zero-order valence-electron chi connectivity index (χ0n) is 16.2. The monoisotopic (exact) mass is 380 g/mol. The van der Waals surface area contributed by atoms with Crippen molar-refractivity contribution in [2.24, 2.45) is 17.3 Å². The Kier molecular flexibility index (Phi) is 4.95. The Morgan fingerprint density at radius 1 is 1.26 bits per heavy atom. The first kappa shape index (κ1) is 19.1. The highest BCUT2D eigenvalue weighted by Gasteiger charge is 2.60. The van der Waals surface area contributed by atoms with Gasteiger partial charge in [-0.25, -0.2) is 4.39 Å². The van der Waals surface area contributed by atoms with Gasteiger partial charge < -0.3 is 24.4 Å². The Morgan fingerprint density at radius 2 is 2.04 bits per heavy atom. The summed E-state index contributed by atoms with van der Waals surface area (Å²) in [4.78, 5) is 0. The van der Waals surface area contributed by atoms with Crippen LogP contribution in [0.1, 0.15) is 43.2 Å². The van der Waals surface area contributed by atoms with Gasteiger partial charge in [0.1, 0.15) is 0 Å². The first-order valence-corrected chi connectivity index (χ1v) is 9.73. The largest absolute Gasteiger partial charge is 0.464 e. The lowest BCUT2D eigenvalue weighted by atomic mass is 9.54. The maximum atomic E-state index is 14.7. The van der Waals surface area contributed by atoms with Crippen molar-refractivity contribution in [1.29, 1.82) is 0 Å². The smallest absolute Gasteiger partial charge is 0.188 e. The highest BCUT2D eigenvalue weighted by atomic mass is 19.1. The van der Waals surface area contributed by atoms with Crippen molar-refractivity contribution in [2.45, 2.75) is 56.8 Å². The molecule has 0 amide bonds. The lowest BCUT2D eigenvalue weighted by Crippen LogP contribution is -2.51. The molecule has 0 aliphatic heterocycles. The Hall–Kier alpha value is -1.21. The number of hydrogen-bond donors (Lipinski definition) is 2. The molecule has 0 unspecified atom stereocenters. The summed E-state index contributed by atoms with van der Waals surface area (Å²) >= 11 is 0. The third kappa shape index (κ3) is 2.89. The molecule has 1 aromatic rings. The van der Waals surface area contributed by atoms with Crippen LogP contribution in [0.4, 0.5) is 4.39 Å². The van der Waals surface area contributed by atoms with E-state index < -0.39 is 12.2 Å². The highest BCUT2D eigenvalue weighted by molar-refractivity contribution is 5.42. The molecule has 0 spiro atoms. The summed E-state index contributed by atoms with van der Waals surface area (Å²) in [5, 5.41) is 20.9. The van der Waals surface area contributed by atoms with Crippen molar-refractivity contribution >= 4 is 0 Å². The van der Waals surface area contributed by atoms with Crippen molar-refractivity contribution < 1.29 is 28.8 Å². The maximum absolute atomic E-state index is 14.7. The molecule has 0 saturated heterocycles. The van der Waals surface area contributed by atoms with Crippen LogP contribution < -0.4 is 4.74 Å². The molecule has 27 heavy (non-hydrogen) atoms. The summed E-state index contributed by atoms with van der Waals surface area (Å²) in [5.74, 6) is 0.370. The summed E-state index contributed by atoms with van der Waals surface area (Å²) < 4.78 is 30.7. The SMILES string of the molecule is COCOc1cc2c(cc1F)[C@@H]1[C@@H](CC2)[C@@H]2C[C@H](O)[C@H](O)[C@@]2(C)C[C@@H]1OC. The fraction of sp³-hybridized carbons (Fsp3) is 0.714. The lowest BCUT2D eigenvalue weighted by molar-refractivity contribution is -0.102. The molecule has 7 atom stereocenters. The third-order valence-electron chi connectivity index (χ3n) is 7.34. The van der Waals surface area contributed by atoms with E-state index in [9.17, 15) is 14.6 Å². The molecule has 3 aliphatic carbocycles. The molecule has 0 aromatic heterocycles. The van der Waals surface area contributed by atoms with Gasteiger partial charge in [-0.2, -0.15) is 0 Å². The van der Waals surface area contributed by atoms with Crippen LogP contribution in [0, 0.1) is 23.1 Å². The standard InChI is InChI=1S/C21H29FO5/c1-21-9-18(26-3)19-12(14(21)8-16(23)20(21)24)5-4-11-6-17(27-10-25-2)15(22)7-13(11)19/h6-7,12,14,16,18-20,23-24H,4-5,8-10H2,1-3H3/t12-,14-,16-,18-,19-,20-,21-/m0/s1. The molecule has 2 fully saturated rings. The molecule has 2 N–H and O–H groups in total. The lowest BCUT2D eigenvalue weighted by Gasteiger charge is -2.53. The van der Waals surface area contributed by atoms with Crippen molar-refractivity contribution in [2.75, 3.05) is 21.0 Å².